The van der Waals surface area contributed by atoms with E-state index >= 15 is 0 Å². The number of anilines is 2. The lowest BCUT2D eigenvalue weighted by Gasteiger charge is -2.29. The number of hydrogen-bond donors (Lipinski definition) is 1. The molecule has 6 nitrogen and oxygen atoms in total. The van der Waals surface area contributed by atoms with E-state index in [1.807, 2.05) is 42.5 Å². The average molecular weight is 403 g/mol. The first-order valence-corrected chi connectivity index (χ1v) is 10.4. The zero-order valence-electron chi connectivity index (χ0n) is 17.1. The van der Waals surface area contributed by atoms with Gasteiger partial charge in [-0.15, -0.1) is 0 Å². The van der Waals surface area contributed by atoms with Crippen molar-refractivity contribution in [2.75, 3.05) is 43.6 Å². The van der Waals surface area contributed by atoms with Gasteiger partial charge in [-0.3, -0.25) is 4.79 Å². The van der Waals surface area contributed by atoms with Gasteiger partial charge < -0.3 is 19.7 Å². The van der Waals surface area contributed by atoms with Crippen LogP contribution in [-0.4, -0.2) is 44.3 Å². The molecule has 2 heterocycles. The highest BCUT2D eigenvalue weighted by Crippen LogP contribution is 2.49. The monoisotopic (exact) mass is 403 g/mol. The molecular weight excluding hydrogens is 378 g/mol. The molecule has 1 aromatic heterocycles. The van der Waals surface area contributed by atoms with E-state index in [-0.39, 0.29) is 5.91 Å². The van der Waals surface area contributed by atoms with Gasteiger partial charge in [0.2, 0.25) is 5.91 Å². The summed E-state index contributed by atoms with van der Waals surface area (Å²) in [6, 6.07) is 17.9. The molecule has 1 aliphatic heterocycles. The fourth-order valence-electron chi connectivity index (χ4n) is 4.18. The predicted octanol–water partition coefficient (Wildman–Crippen LogP) is 3.75. The van der Waals surface area contributed by atoms with Gasteiger partial charge in [-0.25, -0.2) is 4.98 Å². The minimum Gasteiger partial charge on any atom is -0.497 e. The lowest BCUT2D eigenvalue weighted by atomic mass is 9.95. The Morgan fingerprint density at radius 1 is 1.10 bits per heavy atom. The first-order valence-electron chi connectivity index (χ1n) is 10.4. The number of nitrogens with zero attached hydrogens (tertiary/aromatic N) is 2. The van der Waals surface area contributed by atoms with Gasteiger partial charge in [-0.2, -0.15) is 0 Å². The molecule has 5 rings (SSSR count). The molecule has 1 saturated heterocycles. The third-order valence-electron chi connectivity index (χ3n) is 6.10. The lowest BCUT2D eigenvalue weighted by Crippen LogP contribution is -2.37. The van der Waals surface area contributed by atoms with Crippen molar-refractivity contribution in [3.8, 4) is 5.75 Å². The van der Waals surface area contributed by atoms with Gasteiger partial charge >= 0.3 is 0 Å². The summed E-state index contributed by atoms with van der Waals surface area (Å²) in [5.41, 5.74) is 0.550. The highest BCUT2D eigenvalue weighted by Gasteiger charge is 2.51. The molecule has 0 unspecified atom stereocenters. The molecule has 0 atom stereocenters. The molecule has 6 heteroatoms. The Hall–Kier alpha value is -3.12. The molecular formula is C24H25N3O3. The van der Waals surface area contributed by atoms with Crippen LogP contribution in [-0.2, 0) is 14.9 Å². The second-order valence-corrected chi connectivity index (χ2v) is 7.92. The molecule has 1 N–H and O–H groups in total. The molecule has 1 amide bonds. The number of carbonyl (C=O) groups is 1. The minimum absolute atomic E-state index is 0.00313. The molecule has 3 aromatic rings. The molecule has 1 saturated carbocycles. The van der Waals surface area contributed by atoms with Crippen molar-refractivity contribution in [1.29, 1.82) is 0 Å². The third-order valence-corrected chi connectivity index (χ3v) is 6.10. The third kappa shape index (κ3) is 3.37. The minimum atomic E-state index is -0.473. The summed E-state index contributed by atoms with van der Waals surface area (Å²) < 4.78 is 10.7. The molecule has 0 bridgehead atoms. The summed E-state index contributed by atoms with van der Waals surface area (Å²) >= 11 is 0. The van der Waals surface area contributed by atoms with Crippen LogP contribution in [0, 0.1) is 0 Å². The number of carbonyl (C=O) groups excluding carboxylic acids is 1. The number of fused-ring (bicyclic) bond motifs is 1. The van der Waals surface area contributed by atoms with Gasteiger partial charge in [-0.05, 0) is 42.0 Å². The number of aromatic nitrogens is 1. The predicted molar refractivity (Wildman–Crippen MR) is 117 cm³/mol. The molecule has 0 spiro atoms. The van der Waals surface area contributed by atoms with E-state index in [0.29, 0.717) is 19.0 Å². The normalized spacial score (nSPS) is 17.6. The number of ether oxygens (including phenoxy) is 2. The number of morpholine rings is 1. The van der Waals surface area contributed by atoms with Crippen LogP contribution in [0.1, 0.15) is 18.4 Å². The van der Waals surface area contributed by atoms with Crippen LogP contribution in [0.2, 0.25) is 0 Å². The summed E-state index contributed by atoms with van der Waals surface area (Å²) in [6.45, 7) is 2.97. The summed E-state index contributed by atoms with van der Waals surface area (Å²) in [6.07, 6.45) is 1.68. The van der Waals surface area contributed by atoms with Crippen LogP contribution in [0.4, 0.5) is 11.6 Å². The van der Waals surface area contributed by atoms with Gasteiger partial charge in [0.15, 0.2) is 0 Å². The number of methoxy groups -OCH3 is 1. The largest absolute Gasteiger partial charge is 0.497 e. The summed E-state index contributed by atoms with van der Waals surface area (Å²) in [7, 11) is 1.64. The SMILES string of the molecule is COc1ccc(C2(C(=O)Nc3cc4ccccc4c(N4CCOCC4)n3)CC2)cc1. The maximum absolute atomic E-state index is 13.3. The molecule has 30 heavy (non-hydrogen) atoms. The van der Waals surface area contributed by atoms with Gasteiger partial charge in [0.05, 0.1) is 25.7 Å². The standard InChI is InChI=1S/C24H25N3O3/c1-29-19-8-6-18(7-9-19)24(10-11-24)23(28)26-21-16-17-4-2-3-5-20(17)22(25-21)27-12-14-30-15-13-27/h2-9,16H,10-15H2,1H3,(H,25,26,28). The van der Waals surface area contributed by atoms with Gasteiger partial charge in [0.1, 0.15) is 17.4 Å². The summed E-state index contributed by atoms with van der Waals surface area (Å²) in [5.74, 6) is 2.30. The van der Waals surface area contributed by atoms with Crippen molar-refractivity contribution in [2.45, 2.75) is 18.3 Å². The lowest BCUT2D eigenvalue weighted by molar-refractivity contribution is -0.118. The zero-order valence-corrected chi connectivity index (χ0v) is 17.1. The van der Waals surface area contributed by atoms with E-state index in [9.17, 15) is 4.79 Å². The highest BCUT2D eigenvalue weighted by atomic mass is 16.5. The number of hydrogen-bond acceptors (Lipinski definition) is 5. The zero-order chi connectivity index (χ0) is 20.6. The second-order valence-electron chi connectivity index (χ2n) is 7.92. The van der Waals surface area contributed by atoms with Crippen molar-refractivity contribution in [3.05, 3.63) is 60.2 Å². The Morgan fingerprint density at radius 2 is 1.83 bits per heavy atom. The van der Waals surface area contributed by atoms with Gasteiger partial charge in [-0.1, -0.05) is 36.4 Å². The number of pyridine rings is 1. The van der Waals surface area contributed by atoms with Crippen molar-refractivity contribution in [2.24, 2.45) is 0 Å². The van der Waals surface area contributed by atoms with E-state index in [4.69, 9.17) is 14.5 Å². The van der Waals surface area contributed by atoms with Crippen LogP contribution >= 0.6 is 0 Å². The topological polar surface area (TPSA) is 63.7 Å². The summed E-state index contributed by atoms with van der Waals surface area (Å²) in [5, 5.41) is 5.26. The first-order chi connectivity index (χ1) is 14.7. The fourth-order valence-corrected chi connectivity index (χ4v) is 4.18. The highest BCUT2D eigenvalue weighted by molar-refractivity contribution is 6.03. The molecule has 0 radical (unpaired) electrons. The van der Waals surface area contributed by atoms with Crippen molar-refractivity contribution in [3.63, 3.8) is 0 Å². The van der Waals surface area contributed by atoms with Gasteiger partial charge in [0, 0.05) is 18.5 Å². The van der Waals surface area contributed by atoms with E-state index in [0.717, 1.165) is 53.8 Å². The number of amides is 1. The molecule has 1 aliphatic carbocycles. The molecule has 2 aromatic carbocycles. The maximum Gasteiger partial charge on any atom is 0.236 e. The quantitative estimate of drug-likeness (QED) is 0.703. The smallest absolute Gasteiger partial charge is 0.236 e. The van der Waals surface area contributed by atoms with Crippen molar-refractivity contribution in [1.82, 2.24) is 4.98 Å². The Bertz CT molecular complexity index is 1070. The van der Waals surface area contributed by atoms with E-state index in [1.165, 1.54) is 0 Å². The van der Waals surface area contributed by atoms with Crippen LogP contribution in [0.15, 0.2) is 54.6 Å². The van der Waals surface area contributed by atoms with E-state index in [2.05, 4.69) is 22.3 Å². The first kappa shape index (κ1) is 18.9. The van der Waals surface area contributed by atoms with E-state index < -0.39 is 5.41 Å². The van der Waals surface area contributed by atoms with Crippen LogP contribution in [0.3, 0.4) is 0 Å². The number of benzene rings is 2. The Balaban J connectivity index is 1.45. The van der Waals surface area contributed by atoms with Crippen LogP contribution in [0.25, 0.3) is 10.8 Å². The van der Waals surface area contributed by atoms with Crippen molar-refractivity contribution >= 4 is 28.3 Å². The number of nitrogens with one attached hydrogen (secondary N) is 1. The summed E-state index contributed by atoms with van der Waals surface area (Å²) in [4.78, 5) is 20.3. The average Bonchev–Trinajstić information content (AvgIpc) is 3.61. The van der Waals surface area contributed by atoms with Crippen LogP contribution in [0.5, 0.6) is 5.75 Å². The maximum atomic E-state index is 13.3. The molecule has 2 fully saturated rings. The Labute approximate surface area is 175 Å². The fraction of sp³-hybridized carbons (Fsp3) is 0.333. The van der Waals surface area contributed by atoms with Crippen molar-refractivity contribution < 1.29 is 14.3 Å². The number of rotatable bonds is 5. The van der Waals surface area contributed by atoms with E-state index in [1.54, 1.807) is 7.11 Å². The second kappa shape index (κ2) is 7.61. The van der Waals surface area contributed by atoms with Crippen LogP contribution < -0.4 is 15.0 Å². The molecule has 2 aliphatic rings. The van der Waals surface area contributed by atoms with Gasteiger partial charge in [0.25, 0.3) is 0 Å². The molecule has 154 valence electrons. The Kier molecular flexibility index (Phi) is 4.79. The Morgan fingerprint density at radius 3 is 2.53 bits per heavy atom.